The Kier molecular flexibility index (Phi) is 7.82. The van der Waals surface area contributed by atoms with Gasteiger partial charge in [0.1, 0.15) is 0 Å². The molecule has 0 aliphatic heterocycles. The van der Waals surface area contributed by atoms with E-state index in [4.69, 9.17) is 0 Å². The number of alkyl halides is 3. The predicted molar refractivity (Wildman–Crippen MR) is 136 cm³/mol. The molecule has 6 nitrogen and oxygen atoms in total. The van der Waals surface area contributed by atoms with Crippen LogP contribution in [0.3, 0.4) is 0 Å². The zero-order chi connectivity index (χ0) is 25.9. The molecule has 36 heavy (non-hydrogen) atoms. The monoisotopic (exact) mass is 518 g/mol. The Bertz CT molecular complexity index is 1210. The molecule has 0 amide bonds. The van der Waals surface area contributed by atoms with Gasteiger partial charge in [0.2, 0.25) is 11.0 Å². The van der Waals surface area contributed by atoms with Crippen LogP contribution in [-0.4, -0.2) is 33.0 Å². The van der Waals surface area contributed by atoms with Gasteiger partial charge in [0, 0.05) is 24.1 Å². The first-order valence-electron chi connectivity index (χ1n) is 12.0. The fraction of sp³-hybridized carbons (Fsp3) is 0.423. The minimum absolute atomic E-state index is 0.0281. The molecule has 1 saturated carbocycles. The summed E-state index contributed by atoms with van der Waals surface area (Å²) >= 11 is 0.646. The molecule has 0 spiro atoms. The van der Waals surface area contributed by atoms with Crippen LogP contribution < -0.4 is 10.2 Å². The second-order valence-electron chi connectivity index (χ2n) is 9.47. The second kappa shape index (κ2) is 10.9. The first-order valence-corrected chi connectivity index (χ1v) is 12.8. The molecule has 1 aromatic heterocycles. The summed E-state index contributed by atoms with van der Waals surface area (Å²) < 4.78 is 42.9. The Labute approximate surface area is 212 Å². The summed E-state index contributed by atoms with van der Waals surface area (Å²) in [5, 5.41) is 12.8. The van der Waals surface area contributed by atoms with Crippen LogP contribution in [0, 0.1) is 5.92 Å². The first kappa shape index (κ1) is 25.9. The van der Waals surface area contributed by atoms with Crippen LogP contribution in [0.1, 0.15) is 62.1 Å². The van der Waals surface area contributed by atoms with Crippen molar-refractivity contribution >= 4 is 34.0 Å². The third kappa shape index (κ3) is 5.98. The molecule has 0 radical (unpaired) electrons. The number of halogens is 3. The summed E-state index contributed by atoms with van der Waals surface area (Å²) in [6, 6.07) is 12.6. The summed E-state index contributed by atoms with van der Waals surface area (Å²) in [7, 11) is 0. The molecule has 0 atom stereocenters. The number of hydrogen-bond donors (Lipinski definition) is 2. The van der Waals surface area contributed by atoms with Gasteiger partial charge in [-0.05, 0) is 48.1 Å². The minimum atomic E-state index is -4.63. The number of carbonyl (C=O) groups is 1. The molecular formula is C26H29F3N4O2S. The Hall–Kier alpha value is -3.14. The van der Waals surface area contributed by atoms with Gasteiger partial charge >= 0.3 is 12.1 Å². The van der Waals surface area contributed by atoms with E-state index in [9.17, 15) is 23.1 Å². The number of carboxylic acid groups (broad SMARTS) is 1. The maximum Gasteiger partial charge on any atom is 0.452 e. The van der Waals surface area contributed by atoms with Crippen molar-refractivity contribution < 1.29 is 23.1 Å². The lowest BCUT2D eigenvalue weighted by molar-refractivity contribution is -0.144. The standard InChI is InChI=1S/C26H29F3N4O2S/c1-16(2)15-33(18-8-4-3-5-9-18)22-13-12-17(19-10-6-7-11-20(19)23(34)35)14-21(22)30-25-31-24(32-36-25)26(27,28)29/h6-7,10-14,16,18H,3-5,8-9,15H2,1-2H3,(H,34,35)(H,30,31,32). The van der Waals surface area contributed by atoms with E-state index < -0.39 is 18.0 Å². The molecule has 192 valence electrons. The molecule has 3 aromatic rings. The lowest BCUT2D eigenvalue weighted by atomic mass is 9.92. The van der Waals surface area contributed by atoms with Gasteiger partial charge in [-0.1, -0.05) is 57.4 Å². The maximum atomic E-state index is 13.1. The van der Waals surface area contributed by atoms with Gasteiger partial charge in [-0.3, -0.25) is 0 Å². The lowest BCUT2D eigenvalue weighted by Gasteiger charge is -2.38. The molecule has 0 bridgehead atoms. The van der Waals surface area contributed by atoms with Crippen LogP contribution in [-0.2, 0) is 6.18 Å². The molecule has 1 aliphatic carbocycles. The summed E-state index contributed by atoms with van der Waals surface area (Å²) in [6.45, 7) is 5.07. The Balaban J connectivity index is 1.81. The van der Waals surface area contributed by atoms with Crippen molar-refractivity contribution in [3.63, 3.8) is 0 Å². The van der Waals surface area contributed by atoms with Crippen LogP contribution in [0.25, 0.3) is 11.1 Å². The number of aromatic carboxylic acids is 1. The topological polar surface area (TPSA) is 78.4 Å². The number of benzene rings is 2. The number of aromatic nitrogens is 2. The van der Waals surface area contributed by atoms with E-state index in [-0.39, 0.29) is 10.7 Å². The average Bonchev–Trinajstić information content (AvgIpc) is 3.32. The smallest absolute Gasteiger partial charge is 0.452 e. The molecule has 10 heteroatoms. The van der Waals surface area contributed by atoms with E-state index in [1.54, 1.807) is 24.3 Å². The van der Waals surface area contributed by atoms with E-state index in [1.807, 2.05) is 12.1 Å². The van der Waals surface area contributed by atoms with E-state index in [0.29, 0.717) is 40.3 Å². The van der Waals surface area contributed by atoms with Crippen molar-refractivity contribution in [1.82, 2.24) is 9.36 Å². The predicted octanol–water partition coefficient (Wildman–Crippen LogP) is 7.46. The Morgan fingerprint density at radius 2 is 1.89 bits per heavy atom. The minimum Gasteiger partial charge on any atom is -0.478 e. The van der Waals surface area contributed by atoms with Crippen molar-refractivity contribution in [2.75, 3.05) is 16.8 Å². The second-order valence-corrected chi connectivity index (χ2v) is 10.2. The van der Waals surface area contributed by atoms with E-state index in [1.165, 1.54) is 12.5 Å². The number of carboxylic acids is 1. The maximum absolute atomic E-state index is 13.1. The number of nitrogens with zero attached hydrogens (tertiary/aromatic N) is 3. The number of rotatable bonds is 8. The van der Waals surface area contributed by atoms with E-state index in [2.05, 4.69) is 33.4 Å². The third-order valence-electron chi connectivity index (χ3n) is 6.27. The Morgan fingerprint density at radius 3 is 2.53 bits per heavy atom. The van der Waals surface area contributed by atoms with Gasteiger partial charge in [0.25, 0.3) is 0 Å². The first-order chi connectivity index (χ1) is 17.1. The van der Waals surface area contributed by atoms with Crippen LogP contribution in [0.15, 0.2) is 42.5 Å². The molecule has 2 N–H and O–H groups in total. The van der Waals surface area contributed by atoms with E-state index in [0.717, 1.165) is 37.9 Å². The molecule has 0 unspecified atom stereocenters. The molecule has 1 heterocycles. The third-order valence-corrected chi connectivity index (χ3v) is 6.90. The van der Waals surface area contributed by atoms with Crippen molar-refractivity contribution in [1.29, 1.82) is 0 Å². The zero-order valence-electron chi connectivity index (χ0n) is 20.2. The van der Waals surface area contributed by atoms with Gasteiger partial charge in [0.05, 0.1) is 16.9 Å². The van der Waals surface area contributed by atoms with Crippen LogP contribution in [0.4, 0.5) is 29.7 Å². The largest absolute Gasteiger partial charge is 0.478 e. The fourth-order valence-electron chi connectivity index (χ4n) is 4.71. The van der Waals surface area contributed by atoms with Crippen molar-refractivity contribution in [2.45, 2.75) is 58.2 Å². The quantitative estimate of drug-likeness (QED) is 0.322. The van der Waals surface area contributed by atoms with Gasteiger partial charge in [0.15, 0.2) is 0 Å². The highest BCUT2D eigenvalue weighted by molar-refractivity contribution is 7.09. The molecule has 1 fully saturated rings. The highest BCUT2D eigenvalue weighted by Gasteiger charge is 2.36. The van der Waals surface area contributed by atoms with Crippen LogP contribution in [0.2, 0.25) is 0 Å². The molecule has 1 aliphatic rings. The normalized spacial score (nSPS) is 14.7. The lowest BCUT2D eigenvalue weighted by Crippen LogP contribution is -2.39. The van der Waals surface area contributed by atoms with Crippen molar-refractivity contribution in [3.8, 4) is 11.1 Å². The van der Waals surface area contributed by atoms with Crippen LogP contribution >= 0.6 is 11.5 Å². The number of nitrogens with one attached hydrogen (secondary N) is 1. The number of hydrogen-bond acceptors (Lipinski definition) is 6. The molecule has 2 aromatic carbocycles. The van der Waals surface area contributed by atoms with E-state index >= 15 is 0 Å². The molecular weight excluding hydrogens is 489 g/mol. The average molecular weight is 519 g/mol. The van der Waals surface area contributed by atoms with Gasteiger partial charge in [-0.25, -0.2) is 4.79 Å². The van der Waals surface area contributed by atoms with Gasteiger partial charge in [-0.2, -0.15) is 22.5 Å². The van der Waals surface area contributed by atoms with Gasteiger partial charge < -0.3 is 15.3 Å². The summed E-state index contributed by atoms with van der Waals surface area (Å²) in [6.07, 6.45) is 0.939. The summed E-state index contributed by atoms with van der Waals surface area (Å²) in [5.41, 5.74) is 2.76. The summed E-state index contributed by atoms with van der Waals surface area (Å²) in [5.74, 6) is -1.87. The van der Waals surface area contributed by atoms with Gasteiger partial charge in [-0.15, -0.1) is 0 Å². The van der Waals surface area contributed by atoms with Crippen molar-refractivity contribution in [2.24, 2.45) is 5.92 Å². The number of anilines is 3. The van der Waals surface area contributed by atoms with Crippen LogP contribution in [0.5, 0.6) is 0 Å². The highest BCUT2D eigenvalue weighted by Crippen LogP contribution is 2.39. The van der Waals surface area contributed by atoms with Crippen molar-refractivity contribution in [3.05, 3.63) is 53.9 Å². The highest BCUT2D eigenvalue weighted by atomic mass is 32.1. The molecule has 4 rings (SSSR count). The fourth-order valence-corrected chi connectivity index (χ4v) is 5.31. The summed E-state index contributed by atoms with van der Waals surface area (Å²) in [4.78, 5) is 17.8. The zero-order valence-corrected chi connectivity index (χ0v) is 21.0. The Morgan fingerprint density at radius 1 is 1.17 bits per heavy atom. The SMILES string of the molecule is CC(C)CN(c1ccc(-c2ccccc2C(=O)O)cc1Nc1nc(C(F)(F)F)ns1)C1CCCCC1. The molecule has 0 saturated heterocycles.